The SMILES string of the molecule is CCCc1cc2cc(OC)ccc2c(Oc2ccccc2)c1-c1ccccc1. The minimum absolute atomic E-state index is 0.838. The largest absolute Gasteiger partial charge is 0.497 e. The van der Waals surface area contributed by atoms with Crippen LogP contribution in [0, 0.1) is 0 Å². The molecule has 4 rings (SSSR count). The molecule has 0 aromatic heterocycles. The Bertz CT molecular complexity index is 1070. The lowest BCUT2D eigenvalue weighted by Crippen LogP contribution is -1.97. The second-order valence-corrected chi connectivity index (χ2v) is 6.86. The first-order chi connectivity index (χ1) is 13.8. The summed E-state index contributed by atoms with van der Waals surface area (Å²) in [7, 11) is 1.70. The smallest absolute Gasteiger partial charge is 0.143 e. The predicted molar refractivity (Wildman–Crippen MR) is 116 cm³/mol. The number of hydrogen-bond acceptors (Lipinski definition) is 2. The lowest BCUT2D eigenvalue weighted by atomic mass is 9.92. The van der Waals surface area contributed by atoms with Crippen LogP contribution < -0.4 is 9.47 Å². The molecule has 2 heteroatoms. The zero-order valence-electron chi connectivity index (χ0n) is 16.3. The molecule has 4 aromatic carbocycles. The summed E-state index contributed by atoms with van der Waals surface area (Å²) >= 11 is 0. The Labute approximate surface area is 166 Å². The Morgan fingerprint density at radius 2 is 1.46 bits per heavy atom. The standard InChI is InChI=1S/C26H24O2/c1-3-10-20-17-21-18-23(27-2)15-16-24(21)26(28-22-13-8-5-9-14-22)25(20)19-11-6-4-7-12-19/h4-9,11-18H,3,10H2,1-2H3. The molecule has 2 nitrogen and oxygen atoms in total. The summed E-state index contributed by atoms with van der Waals surface area (Å²) < 4.78 is 12.0. The minimum Gasteiger partial charge on any atom is -0.497 e. The zero-order chi connectivity index (χ0) is 19.3. The first kappa shape index (κ1) is 18.1. The van der Waals surface area contributed by atoms with Gasteiger partial charge in [0.25, 0.3) is 0 Å². The van der Waals surface area contributed by atoms with Gasteiger partial charge in [0.15, 0.2) is 0 Å². The van der Waals surface area contributed by atoms with Crippen LogP contribution >= 0.6 is 0 Å². The van der Waals surface area contributed by atoms with Crippen LogP contribution in [0.25, 0.3) is 21.9 Å². The zero-order valence-corrected chi connectivity index (χ0v) is 16.3. The first-order valence-electron chi connectivity index (χ1n) is 9.72. The minimum atomic E-state index is 0.838. The second-order valence-electron chi connectivity index (χ2n) is 6.86. The van der Waals surface area contributed by atoms with Gasteiger partial charge in [-0.15, -0.1) is 0 Å². The quantitative estimate of drug-likeness (QED) is 0.356. The van der Waals surface area contributed by atoms with E-state index in [0.717, 1.165) is 40.9 Å². The Morgan fingerprint density at radius 1 is 0.750 bits per heavy atom. The molecule has 0 N–H and O–H groups in total. The molecule has 0 heterocycles. The lowest BCUT2D eigenvalue weighted by Gasteiger charge is -2.19. The molecule has 0 aliphatic carbocycles. The van der Waals surface area contributed by atoms with E-state index < -0.39 is 0 Å². The molecule has 4 aromatic rings. The molecule has 0 fully saturated rings. The number of benzene rings is 4. The molecule has 0 saturated carbocycles. The van der Waals surface area contributed by atoms with Gasteiger partial charge in [0.1, 0.15) is 17.2 Å². The van der Waals surface area contributed by atoms with Crippen molar-refractivity contribution in [2.24, 2.45) is 0 Å². The molecule has 0 saturated heterocycles. The van der Waals surface area contributed by atoms with Gasteiger partial charge in [-0.1, -0.05) is 67.9 Å². The summed E-state index contributed by atoms with van der Waals surface area (Å²) in [6.07, 6.45) is 2.06. The van der Waals surface area contributed by atoms with Crippen molar-refractivity contribution >= 4 is 10.8 Å². The Morgan fingerprint density at radius 3 is 2.14 bits per heavy atom. The number of rotatable bonds is 6. The fraction of sp³-hybridized carbons (Fsp3) is 0.154. The molecule has 0 unspecified atom stereocenters. The van der Waals surface area contributed by atoms with Gasteiger partial charge >= 0.3 is 0 Å². The van der Waals surface area contributed by atoms with Crippen molar-refractivity contribution in [3.05, 3.63) is 90.5 Å². The molecule has 28 heavy (non-hydrogen) atoms. The van der Waals surface area contributed by atoms with Crippen LogP contribution in [0.2, 0.25) is 0 Å². The third kappa shape index (κ3) is 3.59. The van der Waals surface area contributed by atoms with E-state index >= 15 is 0 Å². The van der Waals surface area contributed by atoms with Gasteiger partial charge in [0.2, 0.25) is 0 Å². The number of para-hydroxylation sites is 1. The number of ether oxygens (including phenoxy) is 2. The highest BCUT2D eigenvalue weighted by Crippen LogP contribution is 2.43. The number of hydrogen-bond donors (Lipinski definition) is 0. The average molecular weight is 368 g/mol. The van der Waals surface area contributed by atoms with Crippen molar-refractivity contribution < 1.29 is 9.47 Å². The number of fused-ring (bicyclic) bond motifs is 1. The van der Waals surface area contributed by atoms with Crippen LogP contribution in [0.5, 0.6) is 17.2 Å². The van der Waals surface area contributed by atoms with E-state index in [0.29, 0.717) is 0 Å². The molecule has 0 spiro atoms. The summed E-state index contributed by atoms with van der Waals surface area (Å²) in [5, 5.41) is 2.22. The second kappa shape index (κ2) is 8.18. The average Bonchev–Trinajstić information content (AvgIpc) is 2.75. The number of methoxy groups -OCH3 is 1. The molecule has 0 radical (unpaired) electrons. The highest BCUT2D eigenvalue weighted by molar-refractivity contribution is 5.97. The highest BCUT2D eigenvalue weighted by atomic mass is 16.5. The molecular formula is C26H24O2. The first-order valence-corrected chi connectivity index (χ1v) is 9.72. The van der Waals surface area contributed by atoms with Crippen molar-refractivity contribution in [1.82, 2.24) is 0 Å². The maximum atomic E-state index is 6.50. The molecule has 0 aliphatic heterocycles. The Kier molecular flexibility index (Phi) is 5.29. The molecule has 0 bridgehead atoms. The van der Waals surface area contributed by atoms with Gasteiger partial charge in [0, 0.05) is 10.9 Å². The van der Waals surface area contributed by atoms with Gasteiger partial charge in [-0.25, -0.2) is 0 Å². The van der Waals surface area contributed by atoms with Gasteiger partial charge in [-0.3, -0.25) is 0 Å². The highest BCUT2D eigenvalue weighted by Gasteiger charge is 2.17. The van der Waals surface area contributed by atoms with Crippen LogP contribution in [0.3, 0.4) is 0 Å². The molecular weight excluding hydrogens is 344 g/mol. The molecule has 0 amide bonds. The van der Waals surface area contributed by atoms with Crippen molar-refractivity contribution in [2.45, 2.75) is 19.8 Å². The Balaban J connectivity index is 2.02. The number of aryl methyl sites for hydroxylation is 1. The normalized spacial score (nSPS) is 10.8. The molecule has 140 valence electrons. The van der Waals surface area contributed by atoms with E-state index in [4.69, 9.17) is 9.47 Å². The fourth-order valence-electron chi connectivity index (χ4n) is 3.63. The van der Waals surface area contributed by atoms with Crippen LogP contribution in [-0.2, 0) is 6.42 Å². The third-order valence-electron chi connectivity index (χ3n) is 4.93. The third-order valence-corrected chi connectivity index (χ3v) is 4.93. The summed E-state index contributed by atoms with van der Waals surface area (Å²) in [5.41, 5.74) is 3.64. The van der Waals surface area contributed by atoms with Gasteiger partial charge in [-0.2, -0.15) is 0 Å². The van der Waals surface area contributed by atoms with Crippen LogP contribution in [0.15, 0.2) is 84.9 Å². The Hall–Kier alpha value is -3.26. The fourth-order valence-corrected chi connectivity index (χ4v) is 3.63. The summed E-state index contributed by atoms with van der Waals surface area (Å²) in [6, 6.07) is 29.0. The van der Waals surface area contributed by atoms with Crippen molar-refractivity contribution in [3.63, 3.8) is 0 Å². The summed E-state index contributed by atoms with van der Waals surface area (Å²) in [5.74, 6) is 2.60. The van der Waals surface area contributed by atoms with Crippen LogP contribution in [0.4, 0.5) is 0 Å². The van der Waals surface area contributed by atoms with Crippen molar-refractivity contribution in [3.8, 4) is 28.4 Å². The maximum absolute atomic E-state index is 6.50. The molecule has 0 atom stereocenters. The monoisotopic (exact) mass is 368 g/mol. The predicted octanol–water partition coefficient (Wildman–Crippen LogP) is 7.26. The van der Waals surface area contributed by atoms with Gasteiger partial charge in [0.05, 0.1) is 7.11 Å². The van der Waals surface area contributed by atoms with E-state index in [1.54, 1.807) is 7.11 Å². The van der Waals surface area contributed by atoms with E-state index in [1.807, 2.05) is 42.5 Å². The lowest BCUT2D eigenvalue weighted by molar-refractivity contribution is 0.415. The van der Waals surface area contributed by atoms with Gasteiger partial charge < -0.3 is 9.47 Å². The maximum Gasteiger partial charge on any atom is 0.143 e. The topological polar surface area (TPSA) is 18.5 Å². The van der Waals surface area contributed by atoms with Crippen molar-refractivity contribution in [1.29, 1.82) is 0 Å². The summed E-state index contributed by atoms with van der Waals surface area (Å²) in [6.45, 7) is 2.21. The van der Waals surface area contributed by atoms with E-state index in [1.165, 1.54) is 16.7 Å². The van der Waals surface area contributed by atoms with Crippen molar-refractivity contribution in [2.75, 3.05) is 7.11 Å². The van der Waals surface area contributed by atoms with E-state index in [9.17, 15) is 0 Å². The van der Waals surface area contributed by atoms with Gasteiger partial charge in [-0.05, 0) is 53.3 Å². The summed E-state index contributed by atoms with van der Waals surface area (Å²) in [4.78, 5) is 0. The van der Waals surface area contributed by atoms with E-state index in [-0.39, 0.29) is 0 Å². The molecule has 0 aliphatic rings. The van der Waals surface area contributed by atoms with Crippen LogP contribution in [0.1, 0.15) is 18.9 Å². The van der Waals surface area contributed by atoms with E-state index in [2.05, 4.69) is 49.4 Å². The van der Waals surface area contributed by atoms with Crippen LogP contribution in [-0.4, -0.2) is 7.11 Å².